The molecule has 4 nitrogen and oxygen atoms in total. The highest BCUT2D eigenvalue weighted by molar-refractivity contribution is 5.67. The zero-order chi connectivity index (χ0) is 14.5. The van der Waals surface area contributed by atoms with Crippen molar-refractivity contribution in [1.82, 2.24) is 9.88 Å². The summed E-state index contributed by atoms with van der Waals surface area (Å²) in [4.78, 5) is 6.41. The first kappa shape index (κ1) is 14.0. The van der Waals surface area contributed by atoms with Crippen LogP contribution in [0.2, 0.25) is 0 Å². The highest BCUT2D eigenvalue weighted by Crippen LogP contribution is 2.22. The van der Waals surface area contributed by atoms with Gasteiger partial charge >= 0.3 is 0 Å². The van der Waals surface area contributed by atoms with Crippen LogP contribution in [0.15, 0.2) is 42.6 Å². The van der Waals surface area contributed by atoms with Gasteiger partial charge in [-0.3, -0.25) is 4.90 Å². The molecule has 1 unspecified atom stereocenters. The van der Waals surface area contributed by atoms with Crippen molar-refractivity contribution in [3.05, 3.63) is 48.2 Å². The largest absolute Gasteiger partial charge is 0.354 e. The van der Waals surface area contributed by atoms with E-state index in [4.69, 9.17) is 0 Å². The van der Waals surface area contributed by atoms with E-state index in [-0.39, 0.29) is 6.17 Å². The molecule has 1 aromatic carbocycles. The van der Waals surface area contributed by atoms with Crippen LogP contribution in [0.4, 0.5) is 5.82 Å². The van der Waals surface area contributed by atoms with E-state index in [0.29, 0.717) is 11.4 Å². The summed E-state index contributed by atoms with van der Waals surface area (Å²) >= 11 is 0. The Labute approximate surface area is 119 Å². The zero-order valence-corrected chi connectivity index (χ0v) is 12.0. The molecular formula is C16H18N4. The van der Waals surface area contributed by atoms with Gasteiger partial charge in [0.15, 0.2) is 0 Å². The highest BCUT2D eigenvalue weighted by atomic mass is 15.2. The lowest BCUT2D eigenvalue weighted by Gasteiger charge is -2.22. The number of pyridine rings is 1. The van der Waals surface area contributed by atoms with Gasteiger partial charge in [0.1, 0.15) is 11.9 Å². The van der Waals surface area contributed by atoms with E-state index in [1.54, 1.807) is 6.20 Å². The maximum absolute atomic E-state index is 9.30. The summed E-state index contributed by atoms with van der Waals surface area (Å²) in [7, 11) is 3.95. The van der Waals surface area contributed by atoms with E-state index in [0.717, 1.165) is 11.1 Å². The number of nitrogens with zero attached hydrogens (tertiary/aromatic N) is 3. The zero-order valence-electron chi connectivity index (χ0n) is 12.0. The number of rotatable bonds is 4. The Morgan fingerprint density at radius 1 is 1.20 bits per heavy atom. The first-order chi connectivity index (χ1) is 9.61. The molecule has 0 bridgehead atoms. The highest BCUT2D eigenvalue weighted by Gasteiger charge is 2.10. The number of anilines is 1. The van der Waals surface area contributed by atoms with Gasteiger partial charge in [0.2, 0.25) is 0 Å². The van der Waals surface area contributed by atoms with Crippen LogP contribution in [0.1, 0.15) is 12.5 Å². The number of nitriles is 1. The van der Waals surface area contributed by atoms with Gasteiger partial charge < -0.3 is 5.32 Å². The fourth-order valence-electron chi connectivity index (χ4n) is 1.78. The summed E-state index contributed by atoms with van der Waals surface area (Å²) < 4.78 is 0. The molecule has 1 atom stereocenters. The molecule has 0 spiro atoms. The van der Waals surface area contributed by atoms with Crippen LogP contribution < -0.4 is 5.32 Å². The summed E-state index contributed by atoms with van der Waals surface area (Å²) in [6.07, 6.45) is 1.90. The topological polar surface area (TPSA) is 52.0 Å². The van der Waals surface area contributed by atoms with Gasteiger partial charge in [-0.1, -0.05) is 30.3 Å². The Morgan fingerprint density at radius 2 is 1.90 bits per heavy atom. The number of hydrogen-bond donors (Lipinski definition) is 1. The monoisotopic (exact) mass is 266 g/mol. The molecule has 0 radical (unpaired) electrons. The van der Waals surface area contributed by atoms with E-state index < -0.39 is 0 Å². The van der Waals surface area contributed by atoms with Gasteiger partial charge in [-0.05, 0) is 32.6 Å². The minimum Gasteiger partial charge on any atom is -0.354 e. The molecule has 0 saturated carbocycles. The van der Waals surface area contributed by atoms with Gasteiger partial charge in [-0.2, -0.15) is 5.26 Å². The Hall–Kier alpha value is -2.38. The third kappa shape index (κ3) is 3.14. The summed E-state index contributed by atoms with van der Waals surface area (Å²) in [6.45, 7) is 2.02. The lowest BCUT2D eigenvalue weighted by Crippen LogP contribution is -2.32. The molecule has 4 heteroatoms. The van der Waals surface area contributed by atoms with Crippen LogP contribution in [0, 0.1) is 11.3 Å². The molecule has 2 aromatic rings. The molecule has 0 aliphatic heterocycles. The minimum atomic E-state index is 0.108. The molecule has 102 valence electrons. The van der Waals surface area contributed by atoms with E-state index in [1.165, 1.54) is 0 Å². The lowest BCUT2D eigenvalue weighted by molar-refractivity contribution is 0.343. The molecule has 20 heavy (non-hydrogen) atoms. The number of hydrogen-bond acceptors (Lipinski definition) is 4. The summed E-state index contributed by atoms with van der Waals surface area (Å²) in [6, 6.07) is 14.0. The molecule has 2 rings (SSSR count). The molecular weight excluding hydrogens is 248 g/mol. The quantitative estimate of drug-likeness (QED) is 0.864. The molecule has 0 aliphatic carbocycles. The van der Waals surface area contributed by atoms with Crippen LogP contribution in [-0.4, -0.2) is 30.1 Å². The van der Waals surface area contributed by atoms with Gasteiger partial charge in [-0.15, -0.1) is 0 Å². The van der Waals surface area contributed by atoms with Gasteiger partial charge in [0.25, 0.3) is 0 Å². The maximum Gasteiger partial charge on any atom is 0.145 e. The Kier molecular flexibility index (Phi) is 4.34. The molecule has 0 aliphatic rings. The SMILES string of the molecule is CC(Nc1ncc(-c2ccccc2)cc1C#N)N(C)C. The standard InChI is InChI=1S/C16H18N4/c1-12(20(2)3)19-16-14(10-17)9-15(11-18-16)13-7-5-4-6-8-13/h4-9,11-12H,1-3H3,(H,18,19). The Bertz CT molecular complexity index is 614. The predicted molar refractivity (Wildman–Crippen MR) is 81.2 cm³/mol. The smallest absolute Gasteiger partial charge is 0.145 e. The predicted octanol–water partition coefficient (Wildman–Crippen LogP) is 2.94. The summed E-state index contributed by atoms with van der Waals surface area (Å²) in [5.74, 6) is 0.619. The Balaban J connectivity index is 2.32. The van der Waals surface area contributed by atoms with Crippen LogP contribution in [0.5, 0.6) is 0 Å². The Morgan fingerprint density at radius 3 is 2.50 bits per heavy atom. The minimum absolute atomic E-state index is 0.108. The van der Waals surface area contributed by atoms with Crippen molar-refractivity contribution >= 4 is 5.82 Å². The molecule has 0 amide bonds. The van der Waals surface area contributed by atoms with Crippen molar-refractivity contribution < 1.29 is 0 Å². The number of aromatic nitrogens is 1. The van der Waals surface area contributed by atoms with E-state index in [1.807, 2.05) is 62.3 Å². The summed E-state index contributed by atoms with van der Waals surface area (Å²) in [5.41, 5.74) is 2.56. The second-order valence-corrected chi connectivity index (χ2v) is 4.88. The molecule has 1 aromatic heterocycles. The first-order valence-corrected chi connectivity index (χ1v) is 6.50. The number of nitrogens with one attached hydrogen (secondary N) is 1. The van der Waals surface area contributed by atoms with Crippen molar-refractivity contribution in [3.8, 4) is 17.2 Å². The van der Waals surface area contributed by atoms with Crippen LogP contribution >= 0.6 is 0 Å². The summed E-state index contributed by atoms with van der Waals surface area (Å²) in [5, 5.41) is 12.5. The first-order valence-electron chi connectivity index (χ1n) is 6.50. The van der Waals surface area contributed by atoms with Gasteiger partial charge in [0.05, 0.1) is 11.7 Å². The number of benzene rings is 1. The van der Waals surface area contributed by atoms with Crippen LogP contribution in [-0.2, 0) is 0 Å². The van der Waals surface area contributed by atoms with E-state index >= 15 is 0 Å². The fraction of sp³-hybridized carbons (Fsp3) is 0.250. The lowest BCUT2D eigenvalue weighted by atomic mass is 10.1. The van der Waals surface area contributed by atoms with Crippen molar-refractivity contribution in [2.24, 2.45) is 0 Å². The van der Waals surface area contributed by atoms with Crippen molar-refractivity contribution in [1.29, 1.82) is 5.26 Å². The van der Waals surface area contributed by atoms with Crippen LogP contribution in [0.25, 0.3) is 11.1 Å². The van der Waals surface area contributed by atoms with Gasteiger partial charge in [0, 0.05) is 11.8 Å². The van der Waals surface area contributed by atoms with Crippen molar-refractivity contribution in [2.45, 2.75) is 13.1 Å². The second-order valence-electron chi connectivity index (χ2n) is 4.88. The average molecular weight is 266 g/mol. The fourth-order valence-corrected chi connectivity index (χ4v) is 1.78. The van der Waals surface area contributed by atoms with Crippen LogP contribution in [0.3, 0.4) is 0 Å². The van der Waals surface area contributed by atoms with Crippen molar-refractivity contribution in [3.63, 3.8) is 0 Å². The van der Waals surface area contributed by atoms with Crippen molar-refractivity contribution in [2.75, 3.05) is 19.4 Å². The van der Waals surface area contributed by atoms with Gasteiger partial charge in [-0.25, -0.2) is 4.98 Å². The third-order valence-corrected chi connectivity index (χ3v) is 3.24. The molecule has 1 heterocycles. The van der Waals surface area contributed by atoms with E-state index in [9.17, 15) is 5.26 Å². The second kappa shape index (κ2) is 6.18. The van der Waals surface area contributed by atoms with E-state index in [2.05, 4.69) is 16.4 Å². The molecule has 0 saturated heterocycles. The normalized spacial score (nSPS) is 11.9. The molecule has 0 fully saturated rings. The maximum atomic E-state index is 9.30. The third-order valence-electron chi connectivity index (χ3n) is 3.24. The molecule has 1 N–H and O–H groups in total. The average Bonchev–Trinajstić information content (AvgIpc) is 2.48.